The summed E-state index contributed by atoms with van der Waals surface area (Å²) in [5.74, 6) is 0.508. The van der Waals surface area contributed by atoms with Crippen molar-refractivity contribution >= 4 is 5.82 Å². The Kier molecular flexibility index (Phi) is 1.71. The number of nitrogens with two attached hydrogens (primary N) is 1. The number of benzene rings is 1. The third-order valence-corrected chi connectivity index (χ3v) is 2.83. The van der Waals surface area contributed by atoms with E-state index in [1.165, 1.54) is 16.7 Å². The van der Waals surface area contributed by atoms with Crippen LogP contribution in [0.15, 0.2) is 30.3 Å². The number of nitrogens with zero attached hydrogens (tertiary/aromatic N) is 2. The van der Waals surface area contributed by atoms with Crippen molar-refractivity contribution in [1.29, 1.82) is 0 Å². The summed E-state index contributed by atoms with van der Waals surface area (Å²) in [6, 6.07) is 10.3. The molecule has 0 unspecified atom stereocenters. The molecule has 0 saturated carbocycles. The van der Waals surface area contributed by atoms with E-state index >= 15 is 0 Å². The molecule has 2 N–H and O–H groups in total. The number of hydrogen-bond acceptors (Lipinski definition) is 3. The van der Waals surface area contributed by atoms with Crippen LogP contribution in [-0.2, 0) is 12.8 Å². The van der Waals surface area contributed by atoms with Crippen molar-refractivity contribution in [2.45, 2.75) is 12.8 Å². The molecule has 0 amide bonds. The van der Waals surface area contributed by atoms with E-state index in [4.69, 9.17) is 5.73 Å². The van der Waals surface area contributed by atoms with Gasteiger partial charge in [-0.05, 0) is 30.0 Å². The zero-order valence-electron chi connectivity index (χ0n) is 8.27. The third-order valence-electron chi connectivity index (χ3n) is 2.83. The van der Waals surface area contributed by atoms with Gasteiger partial charge in [-0.3, -0.25) is 0 Å². The van der Waals surface area contributed by atoms with Gasteiger partial charge in [-0.15, -0.1) is 10.2 Å². The smallest absolute Gasteiger partial charge is 0.146 e. The van der Waals surface area contributed by atoms with Gasteiger partial charge in [0.05, 0.1) is 5.69 Å². The lowest BCUT2D eigenvalue weighted by Crippen LogP contribution is -2.08. The standard InChI is InChI=1S/C12H11N3/c13-11-7-9-6-5-8-3-1-2-4-10(8)12(9)15-14-11/h1-4,7H,5-6H2,(H2,13,14). The van der Waals surface area contributed by atoms with Gasteiger partial charge < -0.3 is 5.73 Å². The molecular weight excluding hydrogens is 186 g/mol. The van der Waals surface area contributed by atoms with Crippen LogP contribution in [0.3, 0.4) is 0 Å². The van der Waals surface area contributed by atoms with Gasteiger partial charge in [0, 0.05) is 5.56 Å². The van der Waals surface area contributed by atoms with Crippen molar-refractivity contribution in [3.8, 4) is 11.3 Å². The Morgan fingerprint density at radius 2 is 1.80 bits per heavy atom. The second-order valence-electron chi connectivity index (χ2n) is 3.80. The van der Waals surface area contributed by atoms with Gasteiger partial charge in [0.25, 0.3) is 0 Å². The topological polar surface area (TPSA) is 51.8 Å². The number of hydrogen-bond donors (Lipinski definition) is 1. The molecule has 3 heteroatoms. The average molecular weight is 197 g/mol. The maximum absolute atomic E-state index is 5.63. The van der Waals surface area contributed by atoms with E-state index in [2.05, 4.69) is 28.4 Å². The van der Waals surface area contributed by atoms with Crippen molar-refractivity contribution in [2.24, 2.45) is 0 Å². The lowest BCUT2D eigenvalue weighted by atomic mass is 9.89. The summed E-state index contributed by atoms with van der Waals surface area (Å²) in [6.45, 7) is 0. The number of aryl methyl sites for hydroxylation is 2. The number of rotatable bonds is 0. The highest BCUT2D eigenvalue weighted by molar-refractivity contribution is 5.69. The zero-order chi connectivity index (χ0) is 10.3. The first-order valence-electron chi connectivity index (χ1n) is 5.05. The van der Waals surface area contributed by atoms with Gasteiger partial charge >= 0.3 is 0 Å². The summed E-state index contributed by atoms with van der Waals surface area (Å²) in [5.41, 5.74) is 10.4. The molecule has 0 spiro atoms. The van der Waals surface area contributed by atoms with Crippen LogP contribution in [0, 0.1) is 0 Å². The Balaban J connectivity index is 2.26. The highest BCUT2D eigenvalue weighted by atomic mass is 15.1. The average Bonchev–Trinajstić information content (AvgIpc) is 2.28. The molecule has 1 heterocycles. The van der Waals surface area contributed by atoms with Gasteiger partial charge in [0.2, 0.25) is 0 Å². The normalized spacial score (nSPS) is 13.1. The lowest BCUT2D eigenvalue weighted by molar-refractivity contribution is 0.900. The van der Waals surface area contributed by atoms with Gasteiger partial charge in [-0.1, -0.05) is 24.3 Å². The van der Waals surface area contributed by atoms with Crippen LogP contribution in [0.25, 0.3) is 11.3 Å². The molecule has 2 aromatic rings. The molecule has 1 aromatic carbocycles. The first-order valence-corrected chi connectivity index (χ1v) is 5.05. The second-order valence-corrected chi connectivity index (χ2v) is 3.80. The molecule has 0 fully saturated rings. The molecule has 3 nitrogen and oxygen atoms in total. The summed E-state index contributed by atoms with van der Waals surface area (Å²) in [4.78, 5) is 0. The van der Waals surface area contributed by atoms with E-state index in [0.717, 1.165) is 18.5 Å². The number of anilines is 1. The lowest BCUT2D eigenvalue weighted by Gasteiger charge is -2.17. The molecule has 0 atom stereocenters. The molecule has 0 aliphatic heterocycles. The maximum Gasteiger partial charge on any atom is 0.146 e. The van der Waals surface area contributed by atoms with E-state index in [0.29, 0.717) is 5.82 Å². The Morgan fingerprint density at radius 3 is 2.73 bits per heavy atom. The minimum atomic E-state index is 0.508. The molecule has 1 aromatic heterocycles. The third kappa shape index (κ3) is 1.28. The first-order chi connectivity index (χ1) is 7.34. The number of nitrogen functional groups attached to an aromatic ring is 1. The van der Waals surface area contributed by atoms with E-state index in [1.54, 1.807) is 0 Å². The Morgan fingerprint density at radius 1 is 1.00 bits per heavy atom. The number of aromatic nitrogens is 2. The zero-order valence-corrected chi connectivity index (χ0v) is 8.27. The largest absolute Gasteiger partial charge is 0.382 e. The fraction of sp³-hybridized carbons (Fsp3) is 0.167. The molecule has 3 rings (SSSR count). The Bertz CT molecular complexity index is 520. The monoisotopic (exact) mass is 197 g/mol. The van der Waals surface area contributed by atoms with E-state index in [9.17, 15) is 0 Å². The minimum absolute atomic E-state index is 0.508. The van der Waals surface area contributed by atoms with Gasteiger partial charge in [-0.25, -0.2) is 0 Å². The Labute approximate surface area is 88.0 Å². The second kappa shape index (κ2) is 3.05. The Hall–Kier alpha value is -1.90. The molecule has 1 aliphatic rings. The fourth-order valence-electron chi connectivity index (χ4n) is 2.10. The summed E-state index contributed by atoms with van der Waals surface area (Å²) in [5, 5.41) is 8.10. The molecular formula is C12H11N3. The van der Waals surface area contributed by atoms with Crippen LogP contribution < -0.4 is 5.73 Å². The van der Waals surface area contributed by atoms with E-state index < -0.39 is 0 Å². The maximum atomic E-state index is 5.63. The minimum Gasteiger partial charge on any atom is -0.382 e. The van der Waals surface area contributed by atoms with Crippen molar-refractivity contribution in [2.75, 3.05) is 5.73 Å². The van der Waals surface area contributed by atoms with Gasteiger partial charge in [0.15, 0.2) is 0 Å². The number of fused-ring (bicyclic) bond motifs is 3. The fourth-order valence-corrected chi connectivity index (χ4v) is 2.10. The van der Waals surface area contributed by atoms with Crippen molar-refractivity contribution in [3.05, 3.63) is 41.5 Å². The van der Waals surface area contributed by atoms with Crippen LogP contribution in [0.4, 0.5) is 5.82 Å². The van der Waals surface area contributed by atoms with Crippen LogP contribution in [0.2, 0.25) is 0 Å². The SMILES string of the molecule is Nc1cc2c(nn1)-c1ccccc1CC2. The van der Waals surface area contributed by atoms with Crippen molar-refractivity contribution < 1.29 is 0 Å². The first kappa shape index (κ1) is 8.41. The summed E-state index contributed by atoms with van der Waals surface area (Å²) in [7, 11) is 0. The molecule has 1 aliphatic carbocycles. The van der Waals surface area contributed by atoms with Crippen molar-refractivity contribution in [1.82, 2.24) is 10.2 Å². The summed E-state index contributed by atoms with van der Waals surface area (Å²) >= 11 is 0. The van der Waals surface area contributed by atoms with E-state index in [1.807, 2.05) is 12.1 Å². The van der Waals surface area contributed by atoms with Gasteiger partial charge in [0.1, 0.15) is 5.82 Å². The summed E-state index contributed by atoms with van der Waals surface area (Å²) in [6.07, 6.45) is 2.07. The molecule has 0 bridgehead atoms. The highest BCUT2D eigenvalue weighted by Gasteiger charge is 2.17. The predicted octanol–water partition coefficient (Wildman–Crippen LogP) is 1.82. The predicted molar refractivity (Wildman–Crippen MR) is 59.3 cm³/mol. The molecule has 0 radical (unpaired) electrons. The van der Waals surface area contributed by atoms with Crippen LogP contribution in [0.5, 0.6) is 0 Å². The van der Waals surface area contributed by atoms with Crippen LogP contribution in [0.1, 0.15) is 11.1 Å². The highest BCUT2D eigenvalue weighted by Crippen LogP contribution is 2.31. The van der Waals surface area contributed by atoms with Crippen molar-refractivity contribution in [3.63, 3.8) is 0 Å². The quantitative estimate of drug-likeness (QED) is 0.701. The molecule has 0 saturated heterocycles. The van der Waals surface area contributed by atoms with Gasteiger partial charge in [-0.2, -0.15) is 0 Å². The van der Waals surface area contributed by atoms with E-state index in [-0.39, 0.29) is 0 Å². The molecule has 15 heavy (non-hydrogen) atoms. The van der Waals surface area contributed by atoms with Crippen LogP contribution >= 0.6 is 0 Å². The molecule has 74 valence electrons. The summed E-state index contributed by atoms with van der Waals surface area (Å²) < 4.78 is 0. The van der Waals surface area contributed by atoms with Crippen LogP contribution in [-0.4, -0.2) is 10.2 Å².